The van der Waals surface area contributed by atoms with Gasteiger partial charge < -0.3 is 14.4 Å². The van der Waals surface area contributed by atoms with Crippen LogP contribution in [-0.2, 0) is 18.9 Å². The molecule has 2 aromatic rings. The molecule has 1 aromatic carbocycles. The summed E-state index contributed by atoms with van der Waals surface area (Å²) in [7, 11) is 1.15. The SMILES string of the molecule is CC(C)(C)OC(=O)N=C(NC(=O)OC(C)(C)C)N1CC=C(c2ccc(NC(=O)c3ccc(C4=CCN(C(=BOC#N)NC(=O)OC(C)(C)C)CC4)s3)cc2F)CC1. The Morgan fingerprint density at radius 2 is 1.42 bits per heavy atom. The van der Waals surface area contributed by atoms with Crippen molar-refractivity contribution in [3.8, 4) is 6.26 Å². The number of carbonyl (C=O) groups is 4. The molecule has 0 saturated heterocycles. The van der Waals surface area contributed by atoms with Gasteiger partial charge in [0, 0.05) is 18.7 Å². The molecule has 0 fully saturated rings. The molecule has 4 amide bonds. The van der Waals surface area contributed by atoms with Gasteiger partial charge in [0.2, 0.25) is 5.96 Å². The zero-order valence-electron chi connectivity index (χ0n) is 33.7. The molecule has 0 radical (unpaired) electrons. The maximum absolute atomic E-state index is 15.5. The van der Waals surface area contributed by atoms with E-state index in [-0.39, 0.29) is 23.9 Å². The summed E-state index contributed by atoms with van der Waals surface area (Å²) in [6.45, 7) is 16.9. The van der Waals surface area contributed by atoms with Gasteiger partial charge in [0.1, 0.15) is 17.0 Å². The summed E-state index contributed by atoms with van der Waals surface area (Å²) in [5, 5.41) is 16.8. The third kappa shape index (κ3) is 14.1. The molecule has 0 saturated carbocycles. The summed E-state index contributed by atoms with van der Waals surface area (Å²) in [4.78, 5) is 59.5. The molecule has 18 heteroatoms. The van der Waals surface area contributed by atoms with Crippen LogP contribution >= 0.6 is 11.3 Å². The number of guanidine groups is 1. The number of nitriles is 1. The Kier molecular flexibility index (Phi) is 14.3. The van der Waals surface area contributed by atoms with E-state index in [9.17, 15) is 19.2 Å². The quantitative estimate of drug-likeness (QED) is 0.0874. The molecule has 0 atom stereocenters. The molecule has 2 aliphatic rings. The first-order chi connectivity index (χ1) is 26.6. The number of hydrogen-bond acceptors (Lipinski definition) is 11. The van der Waals surface area contributed by atoms with Gasteiger partial charge in [-0.1, -0.05) is 6.08 Å². The normalized spacial score (nSPS) is 15.2. The standard InChI is InChI=1S/C39H49BFN7O8S/c1-37(2,3)54-34(50)44-32(40-53-23-42)47-18-16-25(17-19-47)29-12-13-30(57-29)31(49)43-26-10-11-27(28(41)22-26)24-14-20-48(21-15-24)33(45-35(51)55-38(4,5)6)46-36(52)56-39(7,8)9/h10-14,16,22H,15,17-21H2,1-9H3,(H,43,49)(H,44,50)(H,45,46,51,52). The maximum atomic E-state index is 15.5. The molecule has 15 nitrogen and oxygen atoms in total. The molecule has 0 unspecified atom stereocenters. The molecule has 3 heterocycles. The van der Waals surface area contributed by atoms with Crippen LogP contribution in [0.4, 0.5) is 24.5 Å². The number of halogens is 1. The van der Waals surface area contributed by atoms with Crippen LogP contribution in [0.25, 0.3) is 11.1 Å². The van der Waals surface area contributed by atoms with Crippen molar-refractivity contribution >= 4 is 71.2 Å². The number of amides is 4. The Hall–Kier alpha value is -5.70. The molecular weight excluding hydrogens is 756 g/mol. The molecule has 0 aliphatic carbocycles. The number of nitrogens with zero attached hydrogens (tertiary/aromatic N) is 4. The minimum Gasteiger partial charge on any atom is -0.206 e. The number of ether oxygens (including phenoxy) is 3. The number of rotatable bonds is 7. The fraction of sp³-hybridized carbons (Fsp3) is 0.462. The smallest absolute Gasteiger partial charge is 0.206 e. The summed E-state index contributed by atoms with van der Waals surface area (Å²) in [5.41, 5.74) is 0.333. The molecule has 0 spiro atoms. The summed E-state index contributed by atoms with van der Waals surface area (Å²) >= 11 is 1.30. The van der Waals surface area contributed by atoms with Gasteiger partial charge in [0.25, 0.3) is 0 Å². The third-order valence-electron chi connectivity index (χ3n) is 7.83. The zero-order chi connectivity index (χ0) is 42.1. The molecule has 4 rings (SSSR count). The third-order valence-corrected chi connectivity index (χ3v) is 8.99. The first-order valence-electron chi connectivity index (χ1n) is 18.2. The van der Waals surface area contributed by atoms with Crippen molar-refractivity contribution in [1.82, 2.24) is 20.4 Å². The monoisotopic (exact) mass is 805 g/mol. The summed E-state index contributed by atoms with van der Waals surface area (Å²) in [6.07, 6.45) is 3.91. The second kappa shape index (κ2) is 18.5. The van der Waals surface area contributed by atoms with E-state index < -0.39 is 46.8 Å². The van der Waals surface area contributed by atoms with Gasteiger partial charge in [0.05, 0.1) is 0 Å². The van der Waals surface area contributed by atoms with Crippen molar-refractivity contribution < 1.29 is 42.4 Å². The number of hydrogen-bond donors (Lipinski definition) is 3. The van der Waals surface area contributed by atoms with Crippen molar-refractivity contribution in [2.75, 3.05) is 31.5 Å². The Bertz CT molecular complexity index is 2020. The summed E-state index contributed by atoms with van der Waals surface area (Å²) < 4.78 is 36.3. The van der Waals surface area contributed by atoms with E-state index in [1.54, 1.807) is 97.7 Å². The van der Waals surface area contributed by atoms with Crippen LogP contribution in [0.15, 0.2) is 47.5 Å². The van der Waals surface area contributed by atoms with Crippen molar-refractivity contribution in [3.05, 3.63) is 63.6 Å². The molecule has 1 aromatic heterocycles. The van der Waals surface area contributed by atoms with Gasteiger partial charge in [-0.3, -0.25) is 5.32 Å². The van der Waals surface area contributed by atoms with Gasteiger partial charge in [0.15, 0.2) is 0 Å². The van der Waals surface area contributed by atoms with Gasteiger partial charge in [-0.15, -0.1) is 4.99 Å². The first-order valence-corrected chi connectivity index (χ1v) is 19.1. The van der Waals surface area contributed by atoms with Gasteiger partial charge in [-0.2, -0.15) is 0 Å². The number of carbonyl (C=O) groups excluding carboxylic acids is 4. The van der Waals surface area contributed by atoms with Crippen LogP contribution in [0, 0.1) is 17.3 Å². The Morgan fingerprint density at radius 3 is 1.98 bits per heavy atom. The average molecular weight is 806 g/mol. The fourth-order valence-electron chi connectivity index (χ4n) is 5.51. The number of aliphatic imine (C=N–C) groups is 1. The Balaban J connectivity index is 1.39. The first kappa shape index (κ1) is 44.0. The number of alkyl carbamates (subject to hydrolysis) is 2. The van der Waals surface area contributed by atoms with Crippen LogP contribution in [0.3, 0.4) is 0 Å². The number of anilines is 1. The van der Waals surface area contributed by atoms with Crippen molar-refractivity contribution in [3.63, 3.8) is 0 Å². The van der Waals surface area contributed by atoms with Crippen LogP contribution in [0.5, 0.6) is 0 Å². The van der Waals surface area contributed by atoms with E-state index in [0.29, 0.717) is 48.5 Å². The second-order valence-electron chi connectivity index (χ2n) is 16.0. The van der Waals surface area contributed by atoms with E-state index in [2.05, 4.69) is 20.9 Å². The van der Waals surface area contributed by atoms with Crippen LogP contribution < -0.4 is 16.0 Å². The number of thiophene rings is 1. The van der Waals surface area contributed by atoms with E-state index in [1.807, 2.05) is 17.0 Å². The van der Waals surface area contributed by atoms with Crippen molar-refractivity contribution in [1.29, 1.82) is 5.26 Å². The minimum absolute atomic E-state index is 0.0492. The molecule has 2 aliphatic heterocycles. The van der Waals surface area contributed by atoms with E-state index >= 15 is 4.39 Å². The van der Waals surface area contributed by atoms with Crippen LogP contribution in [-0.4, -0.2) is 95.8 Å². The van der Waals surface area contributed by atoms with Crippen molar-refractivity contribution in [2.45, 2.75) is 92.0 Å². The van der Waals surface area contributed by atoms with Gasteiger partial charge in [-0.25, -0.2) is 14.0 Å². The van der Waals surface area contributed by atoms with E-state index in [0.717, 1.165) is 17.6 Å². The number of benzene rings is 1. The Morgan fingerprint density at radius 1 is 0.825 bits per heavy atom. The second-order valence-corrected chi connectivity index (χ2v) is 17.1. The number of nitrogens with one attached hydrogen (secondary N) is 3. The minimum atomic E-state index is -0.884. The molecule has 3 N–H and O–H groups in total. The van der Waals surface area contributed by atoms with Crippen LogP contribution in [0.2, 0.25) is 0 Å². The van der Waals surface area contributed by atoms with Gasteiger partial charge in [-0.05, 0) is 59.6 Å². The molecule has 0 bridgehead atoms. The summed E-state index contributed by atoms with van der Waals surface area (Å²) in [6, 6.07) is 8.05. The molecule has 304 valence electrons. The van der Waals surface area contributed by atoms with Gasteiger partial charge >= 0.3 is 192 Å². The fourth-order valence-corrected chi connectivity index (χ4v) is 6.48. The molecule has 57 heavy (non-hydrogen) atoms. The predicted octanol–water partition coefficient (Wildman–Crippen LogP) is 6.86. The van der Waals surface area contributed by atoms with Crippen LogP contribution in [0.1, 0.15) is 95.3 Å². The van der Waals surface area contributed by atoms with E-state index in [4.69, 9.17) is 24.1 Å². The average Bonchev–Trinajstić information content (AvgIpc) is 3.59. The predicted molar refractivity (Wildman–Crippen MR) is 217 cm³/mol. The summed E-state index contributed by atoms with van der Waals surface area (Å²) in [5.74, 6) is -0.967. The Labute approximate surface area is 336 Å². The molecular formula is C39H49BFN7O8S. The van der Waals surface area contributed by atoms with Crippen molar-refractivity contribution in [2.24, 2.45) is 4.99 Å². The topological polar surface area (TPSA) is 184 Å². The van der Waals surface area contributed by atoms with E-state index in [1.165, 1.54) is 17.4 Å². The zero-order valence-corrected chi connectivity index (χ0v) is 34.5.